The van der Waals surface area contributed by atoms with E-state index in [-0.39, 0.29) is 17.2 Å². The summed E-state index contributed by atoms with van der Waals surface area (Å²) in [5.74, 6) is -0.284. The molecule has 2 rings (SSSR count). The van der Waals surface area contributed by atoms with Crippen molar-refractivity contribution in [2.24, 2.45) is 0 Å². The number of phenols is 1. The SMILES string of the molecule is O=C(NCc1cc[nH]c1)c1ccccc1O. The molecule has 0 aliphatic rings. The van der Waals surface area contributed by atoms with Crippen molar-refractivity contribution in [1.82, 2.24) is 10.3 Å². The third-order valence-corrected chi connectivity index (χ3v) is 2.26. The molecule has 0 saturated carbocycles. The summed E-state index contributed by atoms with van der Waals surface area (Å²) in [7, 11) is 0. The predicted octanol–water partition coefficient (Wildman–Crippen LogP) is 1.65. The highest BCUT2D eigenvalue weighted by molar-refractivity contribution is 5.96. The number of benzene rings is 1. The molecule has 0 saturated heterocycles. The zero-order valence-electron chi connectivity index (χ0n) is 8.60. The van der Waals surface area contributed by atoms with Crippen molar-refractivity contribution in [2.45, 2.75) is 6.54 Å². The minimum Gasteiger partial charge on any atom is -0.507 e. The average Bonchev–Trinajstić information content (AvgIpc) is 2.79. The molecule has 0 radical (unpaired) electrons. The molecular weight excluding hydrogens is 204 g/mol. The topological polar surface area (TPSA) is 65.1 Å². The average molecular weight is 216 g/mol. The monoisotopic (exact) mass is 216 g/mol. The smallest absolute Gasteiger partial charge is 0.255 e. The van der Waals surface area contributed by atoms with E-state index in [1.165, 1.54) is 6.07 Å². The number of hydrogen-bond donors (Lipinski definition) is 3. The van der Waals surface area contributed by atoms with Crippen LogP contribution >= 0.6 is 0 Å². The number of rotatable bonds is 3. The van der Waals surface area contributed by atoms with Crippen LogP contribution in [0, 0.1) is 0 Å². The standard InChI is InChI=1S/C12H12N2O2/c15-11-4-2-1-3-10(11)12(16)14-8-9-5-6-13-7-9/h1-7,13,15H,8H2,(H,14,16). The van der Waals surface area contributed by atoms with Gasteiger partial charge in [-0.3, -0.25) is 4.79 Å². The lowest BCUT2D eigenvalue weighted by Gasteiger charge is -2.05. The van der Waals surface area contributed by atoms with E-state index >= 15 is 0 Å². The Morgan fingerprint density at radius 2 is 2.12 bits per heavy atom. The molecule has 82 valence electrons. The largest absolute Gasteiger partial charge is 0.507 e. The van der Waals surface area contributed by atoms with E-state index in [9.17, 15) is 9.90 Å². The highest BCUT2D eigenvalue weighted by Crippen LogP contribution is 2.15. The van der Waals surface area contributed by atoms with Crippen LogP contribution < -0.4 is 5.32 Å². The van der Waals surface area contributed by atoms with Crippen LogP contribution in [0.4, 0.5) is 0 Å². The van der Waals surface area contributed by atoms with Crippen LogP contribution in [-0.4, -0.2) is 16.0 Å². The number of aromatic nitrogens is 1. The van der Waals surface area contributed by atoms with Gasteiger partial charge in [-0.1, -0.05) is 12.1 Å². The fourth-order valence-electron chi connectivity index (χ4n) is 1.41. The molecule has 0 atom stereocenters. The quantitative estimate of drug-likeness (QED) is 0.730. The van der Waals surface area contributed by atoms with E-state index in [4.69, 9.17) is 0 Å². The molecule has 0 unspecified atom stereocenters. The fourth-order valence-corrected chi connectivity index (χ4v) is 1.41. The zero-order chi connectivity index (χ0) is 11.4. The lowest BCUT2D eigenvalue weighted by Crippen LogP contribution is -2.22. The van der Waals surface area contributed by atoms with Gasteiger partial charge in [0.25, 0.3) is 5.91 Å². The number of para-hydroxylation sites is 1. The first-order valence-corrected chi connectivity index (χ1v) is 4.95. The number of amides is 1. The van der Waals surface area contributed by atoms with Gasteiger partial charge in [0.2, 0.25) is 0 Å². The van der Waals surface area contributed by atoms with Gasteiger partial charge >= 0.3 is 0 Å². The Bertz CT molecular complexity index is 478. The maximum absolute atomic E-state index is 11.7. The van der Waals surface area contributed by atoms with Gasteiger partial charge in [-0.25, -0.2) is 0 Å². The number of phenolic OH excluding ortho intramolecular Hbond substituents is 1. The highest BCUT2D eigenvalue weighted by atomic mass is 16.3. The van der Waals surface area contributed by atoms with Gasteiger partial charge in [-0.05, 0) is 23.8 Å². The summed E-state index contributed by atoms with van der Waals surface area (Å²) in [4.78, 5) is 14.6. The van der Waals surface area contributed by atoms with Crippen LogP contribution in [0.15, 0.2) is 42.7 Å². The normalized spacial score (nSPS) is 10.0. The number of hydrogen-bond acceptors (Lipinski definition) is 2. The molecule has 3 N–H and O–H groups in total. The van der Waals surface area contributed by atoms with E-state index in [1.54, 1.807) is 24.4 Å². The van der Waals surface area contributed by atoms with Crippen LogP contribution in [0.25, 0.3) is 0 Å². The third kappa shape index (κ3) is 2.23. The molecule has 0 spiro atoms. The molecule has 4 heteroatoms. The zero-order valence-corrected chi connectivity index (χ0v) is 8.60. The Hall–Kier alpha value is -2.23. The summed E-state index contributed by atoms with van der Waals surface area (Å²) in [6, 6.07) is 8.35. The number of H-pyrrole nitrogens is 1. The first-order chi connectivity index (χ1) is 7.77. The molecule has 16 heavy (non-hydrogen) atoms. The molecule has 1 aromatic heterocycles. The molecule has 1 aromatic carbocycles. The van der Waals surface area contributed by atoms with Gasteiger partial charge in [0, 0.05) is 18.9 Å². The summed E-state index contributed by atoms with van der Waals surface area (Å²) in [6.07, 6.45) is 3.60. The molecule has 0 bridgehead atoms. The first kappa shape index (κ1) is 10.3. The maximum atomic E-state index is 11.7. The number of nitrogens with one attached hydrogen (secondary N) is 2. The second-order valence-corrected chi connectivity index (χ2v) is 3.42. The van der Waals surface area contributed by atoms with E-state index in [2.05, 4.69) is 10.3 Å². The van der Waals surface area contributed by atoms with E-state index in [0.29, 0.717) is 6.54 Å². The Kier molecular flexibility index (Phi) is 2.91. The Labute approximate surface area is 92.9 Å². The van der Waals surface area contributed by atoms with Crippen molar-refractivity contribution >= 4 is 5.91 Å². The van der Waals surface area contributed by atoms with Gasteiger partial charge in [-0.15, -0.1) is 0 Å². The second kappa shape index (κ2) is 4.53. The number of carbonyl (C=O) groups excluding carboxylic acids is 1. The van der Waals surface area contributed by atoms with Crippen molar-refractivity contribution < 1.29 is 9.90 Å². The molecule has 0 aliphatic carbocycles. The lowest BCUT2D eigenvalue weighted by atomic mass is 10.2. The summed E-state index contributed by atoms with van der Waals surface area (Å²) in [5, 5.41) is 12.2. The molecule has 0 fully saturated rings. The van der Waals surface area contributed by atoms with Crippen molar-refractivity contribution in [3.8, 4) is 5.75 Å². The predicted molar refractivity (Wildman–Crippen MR) is 60.1 cm³/mol. The first-order valence-electron chi connectivity index (χ1n) is 4.95. The minimum absolute atomic E-state index is 0.00549. The Morgan fingerprint density at radius 3 is 2.81 bits per heavy atom. The van der Waals surface area contributed by atoms with Crippen LogP contribution in [0.3, 0.4) is 0 Å². The molecule has 1 heterocycles. The highest BCUT2D eigenvalue weighted by Gasteiger charge is 2.09. The van der Waals surface area contributed by atoms with Crippen molar-refractivity contribution in [2.75, 3.05) is 0 Å². The van der Waals surface area contributed by atoms with Crippen LogP contribution in [0.5, 0.6) is 5.75 Å². The van der Waals surface area contributed by atoms with Gasteiger partial charge < -0.3 is 15.4 Å². The molecule has 4 nitrogen and oxygen atoms in total. The van der Waals surface area contributed by atoms with Crippen molar-refractivity contribution in [3.05, 3.63) is 53.9 Å². The molecule has 1 amide bonds. The van der Waals surface area contributed by atoms with Gasteiger partial charge in [0.05, 0.1) is 5.56 Å². The Balaban J connectivity index is 2.01. The van der Waals surface area contributed by atoms with E-state index in [1.807, 2.05) is 12.3 Å². The van der Waals surface area contributed by atoms with Gasteiger partial charge in [-0.2, -0.15) is 0 Å². The van der Waals surface area contributed by atoms with E-state index in [0.717, 1.165) is 5.56 Å². The van der Waals surface area contributed by atoms with Crippen molar-refractivity contribution in [3.63, 3.8) is 0 Å². The van der Waals surface area contributed by atoms with Gasteiger partial charge in [0.1, 0.15) is 5.75 Å². The lowest BCUT2D eigenvalue weighted by molar-refractivity contribution is 0.0948. The summed E-state index contributed by atoms with van der Waals surface area (Å²) < 4.78 is 0. The third-order valence-electron chi connectivity index (χ3n) is 2.26. The molecule has 2 aromatic rings. The number of aromatic amines is 1. The van der Waals surface area contributed by atoms with E-state index < -0.39 is 0 Å². The van der Waals surface area contributed by atoms with Crippen LogP contribution in [0.1, 0.15) is 15.9 Å². The van der Waals surface area contributed by atoms with Crippen LogP contribution in [-0.2, 0) is 6.54 Å². The number of aromatic hydroxyl groups is 1. The molecular formula is C12H12N2O2. The molecule has 0 aliphatic heterocycles. The second-order valence-electron chi connectivity index (χ2n) is 3.42. The number of carbonyl (C=O) groups is 1. The van der Waals surface area contributed by atoms with Crippen molar-refractivity contribution in [1.29, 1.82) is 0 Å². The van der Waals surface area contributed by atoms with Gasteiger partial charge in [0.15, 0.2) is 0 Å². The summed E-state index contributed by atoms with van der Waals surface area (Å²) in [5.41, 5.74) is 1.28. The van der Waals surface area contributed by atoms with Crippen LogP contribution in [0.2, 0.25) is 0 Å². The fraction of sp³-hybridized carbons (Fsp3) is 0.0833. The Morgan fingerprint density at radius 1 is 1.31 bits per heavy atom. The summed E-state index contributed by atoms with van der Waals surface area (Å²) in [6.45, 7) is 0.441. The maximum Gasteiger partial charge on any atom is 0.255 e. The minimum atomic E-state index is -0.278. The summed E-state index contributed by atoms with van der Waals surface area (Å²) >= 11 is 0.